The fourth-order valence-corrected chi connectivity index (χ4v) is 3.91. The van der Waals surface area contributed by atoms with Crippen LogP contribution in [0.25, 0.3) is 11.3 Å². The van der Waals surface area contributed by atoms with Crippen LogP contribution in [-0.4, -0.2) is 23.4 Å². The van der Waals surface area contributed by atoms with Crippen molar-refractivity contribution in [3.63, 3.8) is 0 Å². The first-order chi connectivity index (χ1) is 14.1. The molecule has 1 N–H and O–H groups in total. The number of benzene rings is 2. The molecule has 2 heterocycles. The first kappa shape index (κ1) is 19.1. The molecule has 0 radical (unpaired) electrons. The van der Waals surface area contributed by atoms with Crippen molar-refractivity contribution in [3.05, 3.63) is 59.5 Å². The number of aromatic nitrogens is 1. The first-order valence-corrected chi connectivity index (χ1v) is 10.4. The number of fused-ring (bicyclic) bond motifs is 1. The Morgan fingerprint density at radius 1 is 1.24 bits per heavy atom. The number of hydrogen-bond donors (Lipinski definition) is 1. The van der Waals surface area contributed by atoms with Gasteiger partial charge in [-0.15, -0.1) is 11.3 Å². The minimum Gasteiger partial charge on any atom is -0.482 e. The molecule has 0 saturated carbocycles. The van der Waals surface area contributed by atoms with E-state index in [4.69, 9.17) is 4.74 Å². The fraction of sp³-hybridized carbons (Fsp3) is 0.227. The summed E-state index contributed by atoms with van der Waals surface area (Å²) in [7, 11) is 0. The van der Waals surface area contributed by atoms with Crippen LogP contribution in [0.15, 0.2) is 53.9 Å². The largest absolute Gasteiger partial charge is 0.482 e. The summed E-state index contributed by atoms with van der Waals surface area (Å²) in [5, 5.41) is 5.30. The number of nitrogens with zero attached hydrogens (tertiary/aromatic N) is 2. The van der Waals surface area contributed by atoms with Crippen LogP contribution in [0.4, 0.5) is 10.8 Å². The van der Waals surface area contributed by atoms with E-state index in [0.29, 0.717) is 23.8 Å². The van der Waals surface area contributed by atoms with Gasteiger partial charge in [0.1, 0.15) is 5.75 Å². The van der Waals surface area contributed by atoms with Gasteiger partial charge in [0.2, 0.25) is 5.91 Å². The van der Waals surface area contributed by atoms with E-state index in [9.17, 15) is 9.59 Å². The van der Waals surface area contributed by atoms with Crippen molar-refractivity contribution in [1.82, 2.24) is 4.98 Å². The highest BCUT2D eigenvalue weighted by Gasteiger charge is 2.26. The number of ether oxygens (including phenoxy) is 1. The second-order valence-electron chi connectivity index (χ2n) is 6.77. The summed E-state index contributed by atoms with van der Waals surface area (Å²) in [5.41, 5.74) is 3.40. The smallest absolute Gasteiger partial charge is 0.265 e. The zero-order valence-electron chi connectivity index (χ0n) is 16.1. The topological polar surface area (TPSA) is 71.5 Å². The lowest BCUT2D eigenvalue weighted by atomic mass is 10.1. The van der Waals surface area contributed by atoms with Crippen LogP contribution in [0.2, 0.25) is 0 Å². The molecule has 1 aromatic heterocycles. The highest BCUT2D eigenvalue weighted by molar-refractivity contribution is 7.14. The summed E-state index contributed by atoms with van der Waals surface area (Å²) in [4.78, 5) is 30.6. The molecule has 29 heavy (non-hydrogen) atoms. The molecule has 4 rings (SSSR count). The molecule has 0 fully saturated rings. The standard InChI is InChI=1S/C22H21N3O3S/c1-2-6-20(26)24-22-23-17(14-29-22)16-9-10-19-18(11-16)25(21(27)13-28-19)12-15-7-4-3-5-8-15/h3-5,7-11,14H,2,6,12-13H2,1H3,(H,23,24,26). The third kappa shape index (κ3) is 4.30. The molecule has 6 nitrogen and oxygen atoms in total. The van der Waals surface area contributed by atoms with E-state index < -0.39 is 0 Å². The maximum absolute atomic E-state index is 12.5. The van der Waals surface area contributed by atoms with Crippen LogP contribution in [0.1, 0.15) is 25.3 Å². The molecule has 148 valence electrons. The molecule has 0 saturated heterocycles. The number of thiazole rings is 1. The number of hydrogen-bond acceptors (Lipinski definition) is 5. The number of amides is 2. The zero-order valence-corrected chi connectivity index (χ0v) is 16.9. The lowest BCUT2D eigenvalue weighted by molar-refractivity contribution is -0.121. The van der Waals surface area contributed by atoms with Gasteiger partial charge in [0, 0.05) is 17.4 Å². The number of carbonyl (C=O) groups is 2. The van der Waals surface area contributed by atoms with Crippen molar-refractivity contribution in [2.45, 2.75) is 26.3 Å². The number of carbonyl (C=O) groups excluding carboxylic acids is 2. The van der Waals surface area contributed by atoms with Gasteiger partial charge in [-0.05, 0) is 30.2 Å². The highest BCUT2D eigenvalue weighted by Crippen LogP contribution is 2.37. The van der Waals surface area contributed by atoms with Crippen LogP contribution < -0.4 is 15.0 Å². The summed E-state index contributed by atoms with van der Waals surface area (Å²) in [6.07, 6.45) is 1.27. The molecule has 2 amide bonds. The lowest BCUT2D eigenvalue weighted by Crippen LogP contribution is -2.38. The normalized spacial score (nSPS) is 13.0. The Hall–Kier alpha value is -3.19. The molecule has 7 heteroatoms. The third-order valence-corrected chi connectivity index (χ3v) is 5.37. The number of anilines is 2. The van der Waals surface area contributed by atoms with Crippen molar-refractivity contribution in [2.24, 2.45) is 0 Å². The Kier molecular flexibility index (Phi) is 5.57. The van der Waals surface area contributed by atoms with Gasteiger partial charge in [-0.2, -0.15) is 0 Å². The molecule has 0 unspecified atom stereocenters. The van der Waals surface area contributed by atoms with Gasteiger partial charge in [-0.3, -0.25) is 9.59 Å². The summed E-state index contributed by atoms with van der Waals surface area (Å²) in [6.45, 7) is 2.48. The van der Waals surface area contributed by atoms with E-state index in [-0.39, 0.29) is 18.4 Å². The van der Waals surface area contributed by atoms with E-state index >= 15 is 0 Å². The Bertz CT molecular complexity index is 1030. The van der Waals surface area contributed by atoms with Gasteiger partial charge >= 0.3 is 0 Å². The molecular formula is C22H21N3O3S. The van der Waals surface area contributed by atoms with Gasteiger partial charge in [0.15, 0.2) is 11.7 Å². The molecule has 0 bridgehead atoms. The summed E-state index contributed by atoms with van der Waals surface area (Å²) in [6, 6.07) is 15.6. The fourth-order valence-electron chi connectivity index (χ4n) is 3.17. The first-order valence-electron chi connectivity index (χ1n) is 9.51. The van der Waals surface area contributed by atoms with Crippen LogP contribution in [0.5, 0.6) is 5.75 Å². The van der Waals surface area contributed by atoms with Gasteiger partial charge in [0.25, 0.3) is 5.91 Å². The van der Waals surface area contributed by atoms with Gasteiger partial charge in [0.05, 0.1) is 17.9 Å². The van der Waals surface area contributed by atoms with Crippen LogP contribution >= 0.6 is 11.3 Å². The van der Waals surface area contributed by atoms with Crippen LogP contribution in [0, 0.1) is 0 Å². The molecule has 1 aliphatic heterocycles. The van der Waals surface area contributed by atoms with Crippen molar-refractivity contribution in [1.29, 1.82) is 0 Å². The molecule has 2 aromatic carbocycles. The monoisotopic (exact) mass is 407 g/mol. The quantitative estimate of drug-likeness (QED) is 0.654. The van der Waals surface area contributed by atoms with E-state index in [0.717, 1.165) is 28.9 Å². The van der Waals surface area contributed by atoms with Crippen molar-refractivity contribution in [3.8, 4) is 17.0 Å². The molecule has 0 aliphatic carbocycles. The maximum Gasteiger partial charge on any atom is 0.265 e. The average molecular weight is 407 g/mol. The van der Waals surface area contributed by atoms with Crippen LogP contribution in [0.3, 0.4) is 0 Å². The van der Waals surface area contributed by atoms with Crippen molar-refractivity contribution in [2.75, 3.05) is 16.8 Å². The van der Waals surface area contributed by atoms with E-state index in [1.807, 2.05) is 60.8 Å². The number of rotatable bonds is 6. The molecule has 1 aliphatic rings. The highest BCUT2D eigenvalue weighted by atomic mass is 32.1. The lowest BCUT2D eigenvalue weighted by Gasteiger charge is -2.29. The minimum absolute atomic E-state index is 0.0312. The van der Waals surface area contributed by atoms with Crippen molar-refractivity contribution >= 4 is 34.0 Å². The second kappa shape index (κ2) is 8.45. The van der Waals surface area contributed by atoms with Gasteiger partial charge < -0.3 is 15.0 Å². The summed E-state index contributed by atoms with van der Waals surface area (Å²) in [5.74, 6) is 0.562. The Morgan fingerprint density at radius 3 is 2.86 bits per heavy atom. The minimum atomic E-state index is -0.0794. The predicted octanol–water partition coefficient (Wildman–Crippen LogP) is 4.47. The molecule has 3 aromatic rings. The molecule has 0 atom stereocenters. The average Bonchev–Trinajstić information content (AvgIpc) is 3.19. The van der Waals surface area contributed by atoms with Crippen molar-refractivity contribution < 1.29 is 14.3 Å². The molecule has 0 spiro atoms. The van der Waals surface area contributed by atoms with Crippen LogP contribution in [-0.2, 0) is 16.1 Å². The third-order valence-electron chi connectivity index (χ3n) is 4.61. The zero-order chi connectivity index (χ0) is 20.2. The second-order valence-corrected chi connectivity index (χ2v) is 7.63. The Morgan fingerprint density at radius 2 is 2.07 bits per heavy atom. The van der Waals surface area contributed by atoms with E-state index in [1.165, 1.54) is 11.3 Å². The summed E-state index contributed by atoms with van der Waals surface area (Å²) < 4.78 is 5.61. The molecular weight excluding hydrogens is 386 g/mol. The Labute approximate surface area is 173 Å². The SMILES string of the molecule is CCCC(=O)Nc1nc(-c2ccc3c(c2)N(Cc2ccccc2)C(=O)CO3)cs1. The Balaban J connectivity index is 1.61. The maximum atomic E-state index is 12.5. The summed E-state index contributed by atoms with van der Waals surface area (Å²) >= 11 is 1.39. The predicted molar refractivity (Wildman–Crippen MR) is 114 cm³/mol. The number of nitrogens with one attached hydrogen (secondary N) is 1. The van der Waals surface area contributed by atoms with Gasteiger partial charge in [-0.25, -0.2) is 4.98 Å². The van der Waals surface area contributed by atoms with E-state index in [2.05, 4.69) is 10.3 Å². The van der Waals surface area contributed by atoms with Gasteiger partial charge in [-0.1, -0.05) is 37.3 Å². The van der Waals surface area contributed by atoms with E-state index in [1.54, 1.807) is 4.90 Å².